The minimum atomic E-state index is -0.413. The second-order valence-corrected chi connectivity index (χ2v) is 6.32. The zero-order chi connectivity index (χ0) is 17.1. The number of anilines is 1. The van der Waals surface area contributed by atoms with E-state index in [1.807, 2.05) is 18.0 Å². The van der Waals surface area contributed by atoms with Crippen LogP contribution in [-0.4, -0.2) is 46.8 Å². The number of piperazine rings is 1. The Kier molecular flexibility index (Phi) is 5.04. The smallest absolute Gasteiger partial charge is 0.223 e. The third kappa shape index (κ3) is 3.70. The van der Waals surface area contributed by atoms with Gasteiger partial charge in [-0.2, -0.15) is 5.10 Å². The van der Waals surface area contributed by atoms with Crippen LogP contribution in [0.1, 0.15) is 12.1 Å². The normalized spacial score (nSPS) is 15.0. The van der Waals surface area contributed by atoms with Gasteiger partial charge in [0.25, 0.3) is 0 Å². The van der Waals surface area contributed by atoms with Gasteiger partial charge in [-0.15, -0.1) is 0 Å². The van der Waals surface area contributed by atoms with Crippen molar-refractivity contribution in [3.05, 3.63) is 47.0 Å². The summed E-state index contributed by atoms with van der Waals surface area (Å²) in [5.74, 6) is -0.252. The third-order valence-corrected chi connectivity index (χ3v) is 4.71. The number of carbonyl (C=O) groups excluding carboxylic acids is 1. The molecule has 3 rings (SSSR count). The molecule has 5 nitrogen and oxygen atoms in total. The zero-order valence-corrected chi connectivity index (χ0v) is 14.3. The molecule has 0 aliphatic carbocycles. The van der Waals surface area contributed by atoms with Crippen molar-refractivity contribution in [2.24, 2.45) is 7.05 Å². The average molecular weight is 351 g/mol. The minimum Gasteiger partial charge on any atom is -0.368 e. The predicted molar refractivity (Wildman–Crippen MR) is 91.7 cm³/mol. The van der Waals surface area contributed by atoms with Crippen molar-refractivity contribution in [2.45, 2.75) is 12.8 Å². The number of benzene rings is 1. The van der Waals surface area contributed by atoms with Gasteiger partial charge in [0.05, 0.1) is 5.02 Å². The van der Waals surface area contributed by atoms with Crippen molar-refractivity contribution in [3.8, 4) is 0 Å². The first-order valence-corrected chi connectivity index (χ1v) is 8.37. The number of aromatic nitrogens is 2. The lowest BCUT2D eigenvalue weighted by Gasteiger charge is -2.36. The maximum Gasteiger partial charge on any atom is 0.223 e. The fourth-order valence-electron chi connectivity index (χ4n) is 2.94. The van der Waals surface area contributed by atoms with Crippen LogP contribution in [-0.2, 0) is 18.3 Å². The molecule has 1 amide bonds. The van der Waals surface area contributed by atoms with Gasteiger partial charge in [0, 0.05) is 57.2 Å². The molecule has 0 spiro atoms. The van der Waals surface area contributed by atoms with Crippen LogP contribution in [0.25, 0.3) is 0 Å². The van der Waals surface area contributed by atoms with Gasteiger partial charge in [-0.25, -0.2) is 4.39 Å². The summed E-state index contributed by atoms with van der Waals surface area (Å²) in [6.07, 6.45) is 2.93. The van der Waals surface area contributed by atoms with Crippen LogP contribution in [0.5, 0.6) is 0 Å². The molecule has 0 saturated carbocycles. The van der Waals surface area contributed by atoms with E-state index < -0.39 is 5.82 Å². The van der Waals surface area contributed by atoms with Crippen molar-refractivity contribution in [3.63, 3.8) is 0 Å². The van der Waals surface area contributed by atoms with E-state index in [0.717, 1.165) is 24.5 Å². The number of rotatable bonds is 4. The van der Waals surface area contributed by atoms with E-state index in [4.69, 9.17) is 11.6 Å². The fourth-order valence-corrected chi connectivity index (χ4v) is 3.11. The van der Waals surface area contributed by atoms with Crippen LogP contribution in [0.2, 0.25) is 5.02 Å². The summed E-state index contributed by atoms with van der Waals surface area (Å²) in [6.45, 7) is 2.78. The number of amides is 1. The number of halogens is 2. The van der Waals surface area contributed by atoms with Gasteiger partial charge in [-0.05, 0) is 30.7 Å². The highest BCUT2D eigenvalue weighted by Gasteiger charge is 2.21. The fraction of sp³-hybridized carbons (Fsp3) is 0.412. The lowest BCUT2D eigenvalue weighted by atomic mass is 10.2. The van der Waals surface area contributed by atoms with Crippen molar-refractivity contribution in [2.75, 3.05) is 31.1 Å². The van der Waals surface area contributed by atoms with Crippen molar-refractivity contribution in [1.82, 2.24) is 14.7 Å². The standard InChI is InChI=1S/C17H20ClFN4O/c1-21-13(6-7-20-21)3-5-17(24)23-10-8-22(9-11-23)14-2-4-16(19)15(18)12-14/h2,4,6-7,12H,3,5,8-11H2,1H3. The van der Waals surface area contributed by atoms with E-state index in [9.17, 15) is 9.18 Å². The maximum atomic E-state index is 13.3. The summed E-state index contributed by atoms with van der Waals surface area (Å²) in [7, 11) is 1.88. The highest BCUT2D eigenvalue weighted by molar-refractivity contribution is 6.31. The number of carbonyl (C=O) groups is 1. The Morgan fingerprint density at radius 1 is 1.25 bits per heavy atom. The summed E-state index contributed by atoms with van der Waals surface area (Å²) < 4.78 is 15.0. The molecule has 0 atom stereocenters. The molecule has 0 N–H and O–H groups in total. The molecule has 2 aromatic rings. The molecule has 1 aromatic carbocycles. The maximum absolute atomic E-state index is 13.3. The molecular formula is C17H20ClFN4O. The molecule has 1 fully saturated rings. The minimum absolute atomic E-state index is 0.127. The summed E-state index contributed by atoms with van der Waals surface area (Å²) in [5, 5.41) is 4.24. The van der Waals surface area contributed by atoms with E-state index in [1.165, 1.54) is 6.07 Å². The molecular weight excluding hydrogens is 331 g/mol. The van der Waals surface area contributed by atoms with Crippen LogP contribution >= 0.6 is 11.6 Å². The largest absolute Gasteiger partial charge is 0.368 e. The van der Waals surface area contributed by atoms with Crippen molar-refractivity contribution in [1.29, 1.82) is 0 Å². The van der Waals surface area contributed by atoms with Gasteiger partial charge in [-0.3, -0.25) is 9.48 Å². The SMILES string of the molecule is Cn1nccc1CCC(=O)N1CCN(c2ccc(F)c(Cl)c2)CC1. The van der Waals surface area contributed by atoms with Crippen LogP contribution in [0.15, 0.2) is 30.5 Å². The highest BCUT2D eigenvalue weighted by atomic mass is 35.5. The lowest BCUT2D eigenvalue weighted by molar-refractivity contribution is -0.131. The van der Waals surface area contributed by atoms with Crippen LogP contribution < -0.4 is 4.90 Å². The molecule has 1 aliphatic heterocycles. The average Bonchev–Trinajstić information content (AvgIpc) is 3.00. The quantitative estimate of drug-likeness (QED) is 0.850. The Bertz CT molecular complexity index is 725. The van der Waals surface area contributed by atoms with Crippen LogP contribution in [0.3, 0.4) is 0 Å². The molecule has 1 aliphatic rings. The second kappa shape index (κ2) is 7.21. The first-order chi connectivity index (χ1) is 11.5. The van der Waals surface area contributed by atoms with E-state index in [1.54, 1.807) is 23.0 Å². The van der Waals surface area contributed by atoms with E-state index in [2.05, 4.69) is 10.00 Å². The molecule has 0 unspecified atom stereocenters. The Morgan fingerprint density at radius 2 is 2.00 bits per heavy atom. The van der Waals surface area contributed by atoms with Gasteiger partial charge in [-0.1, -0.05) is 11.6 Å². The number of aryl methyl sites for hydroxylation is 2. The number of hydrogen-bond donors (Lipinski definition) is 0. The third-order valence-electron chi connectivity index (χ3n) is 4.42. The molecule has 7 heteroatoms. The Morgan fingerprint density at radius 3 is 2.62 bits per heavy atom. The summed E-state index contributed by atoms with van der Waals surface area (Å²) >= 11 is 5.84. The molecule has 1 saturated heterocycles. The number of nitrogens with zero attached hydrogens (tertiary/aromatic N) is 4. The highest BCUT2D eigenvalue weighted by Crippen LogP contribution is 2.23. The Labute approximate surface area is 145 Å². The Balaban J connectivity index is 1.51. The van der Waals surface area contributed by atoms with Gasteiger partial charge in [0.1, 0.15) is 5.82 Å². The van der Waals surface area contributed by atoms with Crippen LogP contribution in [0, 0.1) is 5.82 Å². The Hall–Kier alpha value is -2.08. The predicted octanol–water partition coefficient (Wildman–Crippen LogP) is 2.49. The molecule has 0 radical (unpaired) electrons. The molecule has 128 valence electrons. The first-order valence-electron chi connectivity index (χ1n) is 7.99. The molecule has 24 heavy (non-hydrogen) atoms. The van der Waals surface area contributed by atoms with E-state index >= 15 is 0 Å². The number of hydrogen-bond acceptors (Lipinski definition) is 3. The zero-order valence-electron chi connectivity index (χ0n) is 13.6. The van der Waals surface area contributed by atoms with Crippen LogP contribution in [0.4, 0.5) is 10.1 Å². The molecule has 0 bridgehead atoms. The summed E-state index contributed by atoms with van der Waals surface area (Å²) in [4.78, 5) is 16.4. The second-order valence-electron chi connectivity index (χ2n) is 5.91. The van der Waals surface area contributed by atoms with E-state index in [0.29, 0.717) is 25.9 Å². The first kappa shape index (κ1) is 16.8. The summed E-state index contributed by atoms with van der Waals surface area (Å²) in [5.41, 5.74) is 1.95. The van der Waals surface area contributed by atoms with Crippen molar-refractivity contribution >= 4 is 23.2 Å². The van der Waals surface area contributed by atoms with Gasteiger partial charge < -0.3 is 9.80 Å². The van der Waals surface area contributed by atoms with Gasteiger partial charge >= 0.3 is 0 Å². The van der Waals surface area contributed by atoms with Crippen molar-refractivity contribution < 1.29 is 9.18 Å². The molecule has 1 aromatic heterocycles. The lowest BCUT2D eigenvalue weighted by Crippen LogP contribution is -2.48. The van der Waals surface area contributed by atoms with Gasteiger partial charge in [0.15, 0.2) is 0 Å². The summed E-state index contributed by atoms with van der Waals surface area (Å²) in [6, 6.07) is 6.67. The monoisotopic (exact) mass is 350 g/mol. The van der Waals surface area contributed by atoms with E-state index in [-0.39, 0.29) is 10.9 Å². The topological polar surface area (TPSA) is 41.4 Å². The van der Waals surface area contributed by atoms with Gasteiger partial charge in [0.2, 0.25) is 5.91 Å². The molecule has 2 heterocycles.